The molecule has 0 saturated carbocycles. The van der Waals surface area contributed by atoms with Crippen LogP contribution >= 0.6 is 11.6 Å². The minimum absolute atomic E-state index is 0.0858. The maximum absolute atomic E-state index is 11.5. The Morgan fingerprint density at radius 3 is 1.29 bits per heavy atom. The number of rotatable bonds is 9. The molecule has 4 heterocycles. The molecule has 0 fully saturated rings. The number of aromatic amines is 1. The maximum Gasteiger partial charge on any atom is 0.277 e. The lowest BCUT2D eigenvalue weighted by atomic mass is 10.0. The Labute approximate surface area is 423 Å². The fourth-order valence-corrected chi connectivity index (χ4v) is 8.63. The van der Waals surface area contributed by atoms with E-state index in [9.17, 15) is 20.2 Å². The molecule has 8 aromatic carbocycles. The van der Waals surface area contributed by atoms with Gasteiger partial charge in [-0.25, -0.2) is 19.9 Å². The molecule has 0 saturated heterocycles. The van der Waals surface area contributed by atoms with Crippen LogP contribution in [0.3, 0.4) is 0 Å². The predicted octanol–water partition coefficient (Wildman–Crippen LogP) is 15.5. The third kappa shape index (κ3) is 10.7. The third-order valence-corrected chi connectivity index (χ3v) is 12.1. The zero-order valence-corrected chi connectivity index (χ0v) is 39.5. The van der Waals surface area contributed by atoms with Gasteiger partial charge in [0, 0.05) is 57.7 Å². The number of aromatic nitrogens is 6. The Bertz CT molecular complexity index is 3770. The van der Waals surface area contributed by atoms with Gasteiger partial charge in [0.1, 0.15) is 0 Å². The van der Waals surface area contributed by atoms with Crippen LogP contribution in [0.1, 0.15) is 0 Å². The van der Waals surface area contributed by atoms with E-state index in [-0.39, 0.29) is 26.5 Å². The summed E-state index contributed by atoms with van der Waals surface area (Å²) in [6.07, 6.45) is 3.79. The normalized spacial score (nSPS) is 10.8. The van der Waals surface area contributed by atoms with Gasteiger partial charge < -0.3 is 4.98 Å². The Morgan fingerprint density at radius 2 is 0.822 bits per heavy atom. The van der Waals surface area contributed by atoms with Crippen LogP contribution in [-0.2, 0) is 0 Å². The van der Waals surface area contributed by atoms with Crippen molar-refractivity contribution in [2.75, 3.05) is 0 Å². The molecule has 4 aromatic heterocycles. The van der Waals surface area contributed by atoms with E-state index in [4.69, 9.17) is 21.6 Å². The molecular weight excluding hydrogens is 932 g/mol. The number of para-hydroxylation sites is 2. The number of hydrogen-bond donors (Lipinski definition) is 1. The first-order valence-corrected chi connectivity index (χ1v) is 23.4. The largest absolute Gasteiger partial charge is 0.361 e. The van der Waals surface area contributed by atoms with E-state index >= 15 is 0 Å². The summed E-state index contributed by atoms with van der Waals surface area (Å²) in [5.74, 6) is 0.559. The number of nitrogens with one attached hydrogen (secondary N) is 1. The van der Waals surface area contributed by atoms with Crippen LogP contribution in [0, 0.1) is 20.2 Å². The highest BCUT2D eigenvalue weighted by Gasteiger charge is 2.18. The van der Waals surface area contributed by atoms with Gasteiger partial charge in [0.25, 0.3) is 11.4 Å². The van der Waals surface area contributed by atoms with E-state index in [1.165, 1.54) is 12.1 Å². The lowest BCUT2D eigenvalue weighted by Crippen LogP contribution is -2.03. The van der Waals surface area contributed by atoms with Crippen LogP contribution in [0.4, 0.5) is 11.4 Å². The summed E-state index contributed by atoms with van der Waals surface area (Å²) >= 11 is 6.03. The van der Waals surface area contributed by atoms with E-state index in [1.807, 2.05) is 211 Å². The fraction of sp³-hybridized carbons (Fsp3) is 0. The number of nitro groups is 2. The molecule has 0 aliphatic heterocycles. The summed E-state index contributed by atoms with van der Waals surface area (Å²) in [4.78, 5) is 43.3. The van der Waals surface area contributed by atoms with Crippen molar-refractivity contribution in [1.29, 1.82) is 0 Å². The van der Waals surface area contributed by atoms with Crippen molar-refractivity contribution in [2.24, 2.45) is 0 Å². The van der Waals surface area contributed by atoms with Crippen LogP contribution in [0.25, 0.3) is 95.0 Å². The first-order chi connectivity index (χ1) is 35.8. The SMILES string of the molecule is Clc1nc(-c2ccccc2)cc(-c2ccccc2)n1.O=[N+]([O-])c1ccccc1-c1ccc2[nH]ccc2c1.O=[N+]([O-])c1ccccc1-c1ccc2c(ccn2-c2nc(-c3ccccc3)cc(-c3ccccc3)n2)c1. The topological polar surface area (TPSA) is 159 Å². The van der Waals surface area contributed by atoms with Gasteiger partial charge in [-0.3, -0.25) is 24.8 Å². The quantitative estimate of drug-likeness (QED) is 0.0850. The zero-order chi connectivity index (χ0) is 50.1. The standard InChI is InChI=1S/C30H20N4O2.C16H11ClN2.C14H10N2O2/c35-34(36)29-14-8-7-13-25(29)23-15-16-28-24(19-23)17-18-33(28)30-31-26(21-9-3-1-4-10-21)20-27(32-30)22-11-5-2-6-12-22;17-16-18-14(12-7-3-1-4-8-12)11-15(19-16)13-9-5-2-6-10-13;17-16(18)14-4-2-1-3-12(14)10-5-6-13-11(9-10)7-8-15-13/h1-20H;1-11H;1-9,15H. The third-order valence-electron chi connectivity index (χ3n) is 12.0. The molecule has 1 N–H and O–H groups in total. The molecule has 0 spiro atoms. The van der Waals surface area contributed by atoms with Crippen molar-refractivity contribution in [3.05, 3.63) is 268 Å². The average molecular weight is 973 g/mol. The summed E-state index contributed by atoms with van der Waals surface area (Å²) in [5, 5.41) is 24.8. The predicted molar refractivity (Wildman–Crippen MR) is 290 cm³/mol. The molecule has 0 amide bonds. The van der Waals surface area contributed by atoms with Gasteiger partial charge in [0.05, 0.1) is 49.3 Å². The van der Waals surface area contributed by atoms with Gasteiger partial charge >= 0.3 is 0 Å². The van der Waals surface area contributed by atoms with Gasteiger partial charge in [-0.05, 0) is 88.8 Å². The second-order valence-corrected chi connectivity index (χ2v) is 16.9. The zero-order valence-electron chi connectivity index (χ0n) is 38.7. The highest BCUT2D eigenvalue weighted by Crippen LogP contribution is 2.34. The first-order valence-electron chi connectivity index (χ1n) is 23.1. The summed E-state index contributed by atoms with van der Waals surface area (Å²) < 4.78 is 1.96. The Hall–Kier alpha value is -9.91. The molecule has 0 radical (unpaired) electrons. The van der Waals surface area contributed by atoms with Crippen molar-refractivity contribution in [1.82, 2.24) is 29.5 Å². The van der Waals surface area contributed by atoms with Gasteiger partial charge in [-0.1, -0.05) is 158 Å². The van der Waals surface area contributed by atoms with Crippen LogP contribution in [0.2, 0.25) is 5.28 Å². The molecular formula is C60H41ClN8O4. The molecule has 0 unspecified atom stereocenters. The molecule has 352 valence electrons. The highest BCUT2D eigenvalue weighted by molar-refractivity contribution is 6.28. The van der Waals surface area contributed by atoms with Crippen LogP contribution in [0.5, 0.6) is 0 Å². The summed E-state index contributed by atoms with van der Waals surface area (Å²) in [7, 11) is 0. The summed E-state index contributed by atoms with van der Waals surface area (Å²) in [6.45, 7) is 0. The van der Waals surface area contributed by atoms with E-state index in [1.54, 1.807) is 24.3 Å². The van der Waals surface area contributed by atoms with E-state index in [2.05, 4.69) is 15.0 Å². The number of nitrogens with zero attached hydrogens (tertiary/aromatic N) is 7. The van der Waals surface area contributed by atoms with Crippen molar-refractivity contribution in [3.63, 3.8) is 0 Å². The Kier molecular flexibility index (Phi) is 13.7. The minimum Gasteiger partial charge on any atom is -0.361 e. The molecule has 0 atom stereocenters. The molecule has 12 nitrogen and oxygen atoms in total. The Balaban J connectivity index is 0.000000139. The summed E-state index contributed by atoms with van der Waals surface area (Å²) in [6, 6.07) is 73.1. The van der Waals surface area contributed by atoms with E-state index < -0.39 is 0 Å². The number of H-pyrrole nitrogens is 1. The van der Waals surface area contributed by atoms with E-state index in [0.29, 0.717) is 17.1 Å². The second kappa shape index (κ2) is 21.4. The number of hydrogen-bond acceptors (Lipinski definition) is 8. The van der Waals surface area contributed by atoms with Crippen molar-refractivity contribution in [2.45, 2.75) is 0 Å². The van der Waals surface area contributed by atoms with Crippen molar-refractivity contribution in [3.8, 4) is 73.2 Å². The number of halogens is 1. The highest BCUT2D eigenvalue weighted by atomic mass is 35.5. The molecule has 13 heteroatoms. The molecule has 12 rings (SSSR count). The number of fused-ring (bicyclic) bond motifs is 2. The molecule has 0 bridgehead atoms. The van der Waals surface area contributed by atoms with Crippen molar-refractivity contribution >= 4 is 44.8 Å². The molecule has 0 aliphatic rings. The molecule has 73 heavy (non-hydrogen) atoms. The molecule has 12 aromatic rings. The van der Waals surface area contributed by atoms with Gasteiger partial charge in [0.2, 0.25) is 11.2 Å². The smallest absolute Gasteiger partial charge is 0.277 e. The van der Waals surface area contributed by atoms with Crippen LogP contribution in [0.15, 0.2) is 243 Å². The van der Waals surface area contributed by atoms with Gasteiger partial charge in [-0.15, -0.1) is 0 Å². The van der Waals surface area contributed by atoms with Crippen molar-refractivity contribution < 1.29 is 9.85 Å². The van der Waals surface area contributed by atoms with E-state index in [0.717, 1.165) is 78.0 Å². The minimum atomic E-state index is -0.351. The van der Waals surface area contributed by atoms with Gasteiger partial charge in [0.15, 0.2) is 0 Å². The second-order valence-electron chi connectivity index (χ2n) is 16.6. The number of benzene rings is 8. The van der Waals surface area contributed by atoms with Gasteiger partial charge in [-0.2, -0.15) is 0 Å². The Morgan fingerprint density at radius 1 is 0.411 bits per heavy atom. The summed E-state index contributed by atoms with van der Waals surface area (Å²) in [5.41, 5.74) is 12.4. The maximum atomic E-state index is 11.5. The number of nitro benzene ring substituents is 2. The monoisotopic (exact) mass is 972 g/mol. The lowest BCUT2D eigenvalue weighted by molar-refractivity contribution is -0.384. The van der Waals surface area contributed by atoms with Crippen LogP contribution in [-0.4, -0.2) is 39.3 Å². The average Bonchev–Trinajstić information content (AvgIpc) is 4.11. The fourth-order valence-electron chi connectivity index (χ4n) is 8.45. The lowest BCUT2D eigenvalue weighted by Gasteiger charge is -2.11. The van der Waals surface area contributed by atoms with Crippen LogP contribution < -0.4 is 0 Å². The first kappa shape index (κ1) is 46.8. The molecule has 0 aliphatic carbocycles.